The summed E-state index contributed by atoms with van der Waals surface area (Å²) < 4.78 is 0. The summed E-state index contributed by atoms with van der Waals surface area (Å²) in [5.41, 5.74) is 4.55. The summed E-state index contributed by atoms with van der Waals surface area (Å²) >= 11 is 5.91. The highest BCUT2D eigenvalue weighted by atomic mass is 35.5. The fourth-order valence-corrected chi connectivity index (χ4v) is 2.25. The van der Waals surface area contributed by atoms with Crippen molar-refractivity contribution in [3.05, 3.63) is 76.8 Å². The third kappa shape index (κ3) is 3.53. The van der Waals surface area contributed by atoms with Gasteiger partial charge in [0.15, 0.2) is 0 Å². The molecule has 0 heterocycles. The zero-order chi connectivity index (χ0) is 14.5. The van der Waals surface area contributed by atoms with Crippen LogP contribution in [-0.2, 0) is 0 Å². The predicted molar refractivity (Wildman–Crippen MR) is 87.9 cm³/mol. The average molecular weight is 281 g/mol. The maximum atomic E-state index is 5.91. The molecule has 0 saturated heterocycles. The number of hydrogen-bond donors (Lipinski definition) is 0. The van der Waals surface area contributed by atoms with Gasteiger partial charge >= 0.3 is 0 Å². The predicted octanol–water partition coefficient (Wildman–Crippen LogP) is 5.47. The zero-order valence-electron chi connectivity index (χ0n) is 11.6. The van der Waals surface area contributed by atoms with E-state index in [2.05, 4.69) is 43.7 Å². The Morgan fingerprint density at radius 2 is 1.75 bits per heavy atom. The Morgan fingerprint density at radius 1 is 1.15 bits per heavy atom. The minimum absolute atomic E-state index is 0.0288. The molecule has 0 fully saturated rings. The van der Waals surface area contributed by atoms with Gasteiger partial charge < -0.3 is 0 Å². The molecule has 0 aliphatic heterocycles. The lowest BCUT2D eigenvalue weighted by atomic mass is 9.90. The Bertz CT molecular complexity index is 627. The molecule has 0 radical (unpaired) electrons. The van der Waals surface area contributed by atoms with Crippen molar-refractivity contribution in [1.29, 1.82) is 0 Å². The molecule has 0 aromatic heterocycles. The summed E-state index contributed by atoms with van der Waals surface area (Å²) in [5.74, 6) is 2.87. The van der Waals surface area contributed by atoms with Crippen LogP contribution >= 0.6 is 11.6 Å². The Hall–Kier alpha value is -1.97. The molecule has 2 rings (SSSR count). The van der Waals surface area contributed by atoms with Crippen molar-refractivity contribution in [2.45, 2.75) is 19.3 Å². The van der Waals surface area contributed by atoms with Crippen LogP contribution in [0.4, 0.5) is 0 Å². The standard InChI is InChI=1S/C19H17Cl/c1-4-16(18-9-11-19(20)12-10-18)13-15(3)17-7-5-14(2)6-8-17/h1,5-12,16H,3,13H2,2H3. The average Bonchev–Trinajstić information content (AvgIpc) is 2.46. The highest BCUT2D eigenvalue weighted by Crippen LogP contribution is 2.28. The molecule has 100 valence electrons. The van der Waals surface area contributed by atoms with Gasteiger partial charge in [0.25, 0.3) is 0 Å². The second-order valence-corrected chi connectivity index (χ2v) is 5.38. The van der Waals surface area contributed by atoms with Gasteiger partial charge in [-0.1, -0.05) is 66.1 Å². The number of terminal acetylenes is 1. The van der Waals surface area contributed by atoms with Gasteiger partial charge in [0.05, 0.1) is 0 Å². The van der Waals surface area contributed by atoms with Gasteiger partial charge in [-0.2, -0.15) is 0 Å². The summed E-state index contributed by atoms with van der Waals surface area (Å²) in [7, 11) is 0. The molecule has 0 spiro atoms. The van der Waals surface area contributed by atoms with Crippen LogP contribution in [0.5, 0.6) is 0 Å². The number of rotatable bonds is 4. The maximum absolute atomic E-state index is 5.91. The molecule has 1 atom stereocenters. The summed E-state index contributed by atoms with van der Waals surface area (Å²) in [6.45, 7) is 6.24. The van der Waals surface area contributed by atoms with Crippen LogP contribution < -0.4 is 0 Å². The van der Waals surface area contributed by atoms with E-state index in [4.69, 9.17) is 18.0 Å². The molecular formula is C19H17Cl. The lowest BCUT2D eigenvalue weighted by molar-refractivity contribution is 0.909. The van der Waals surface area contributed by atoms with Crippen molar-refractivity contribution in [2.75, 3.05) is 0 Å². The fourth-order valence-electron chi connectivity index (χ4n) is 2.12. The van der Waals surface area contributed by atoms with E-state index in [0.29, 0.717) is 0 Å². The van der Waals surface area contributed by atoms with Gasteiger partial charge in [-0.25, -0.2) is 0 Å². The molecule has 0 aliphatic carbocycles. The summed E-state index contributed by atoms with van der Waals surface area (Å²) in [4.78, 5) is 0. The first-order valence-electron chi connectivity index (χ1n) is 6.56. The quantitative estimate of drug-likeness (QED) is 0.652. The highest BCUT2D eigenvalue weighted by Gasteiger charge is 2.11. The molecule has 0 bridgehead atoms. The van der Waals surface area contributed by atoms with E-state index in [1.807, 2.05) is 24.3 Å². The van der Waals surface area contributed by atoms with Gasteiger partial charge in [-0.05, 0) is 42.2 Å². The first-order chi connectivity index (χ1) is 9.60. The SMILES string of the molecule is C#CC(CC(=C)c1ccc(C)cc1)c1ccc(Cl)cc1. The van der Waals surface area contributed by atoms with E-state index in [1.54, 1.807) is 0 Å². The molecule has 1 heteroatoms. The molecule has 0 amide bonds. The van der Waals surface area contributed by atoms with Gasteiger partial charge in [-0.15, -0.1) is 6.42 Å². The van der Waals surface area contributed by atoms with Gasteiger partial charge in [0.1, 0.15) is 0 Å². The van der Waals surface area contributed by atoms with Gasteiger partial charge in [-0.3, -0.25) is 0 Å². The second-order valence-electron chi connectivity index (χ2n) is 4.94. The molecule has 0 nitrogen and oxygen atoms in total. The number of aryl methyl sites for hydroxylation is 1. The van der Waals surface area contributed by atoms with Crippen molar-refractivity contribution in [1.82, 2.24) is 0 Å². The first-order valence-corrected chi connectivity index (χ1v) is 6.94. The first kappa shape index (κ1) is 14.4. The molecule has 20 heavy (non-hydrogen) atoms. The Morgan fingerprint density at radius 3 is 2.30 bits per heavy atom. The Labute approximate surface area is 126 Å². The second kappa shape index (κ2) is 6.46. The van der Waals surface area contributed by atoms with E-state index in [9.17, 15) is 0 Å². The topological polar surface area (TPSA) is 0 Å². The summed E-state index contributed by atoms with van der Waals surface area (Å²) in [6, 6.07) is 16.1. The van der Waals surface area contributed by atoms with Crippen LogP contribution in [0.15, 0.2) is 55.1 Å². The Balaban J connectivity index is 2.14. The van der Waals surface area contributed by atoms with Crippen molar-refractivity contribution in [3.63, 3.8) is 0 Å². The molecule has 0 N–H and O–H groups in total. The van der Waals surface area contributed by atoms with Crippen LogP contribution in [0, 0.1) is 19.3 Å². The molecule has 0 saturated carbocycles. The van der Waals surface area contributed by atoms with Crippen molar-refractivity contribution >= 4 is 17.2 Å². The zero-order valence-corrected chi connectivity index (χ0v) is 12.3. The van der Waals surface area contributed by atoms with Crippen LogP contribution in [-0.4, -0.2) is 0 Å². The highest BCUT2D eigenvalue weighted by molar-refractivity contribution is 6.30. The fraction of sp³-hybridized carbons (Fsp3) is 0.158. The van der Waals surface area contributed by atoms with E-state index < -0.39 is 0 Å². The van der Waals surface area contributed by atoms with Crippen LogP contribution in [0.3, 0.4) is 0 Å². The van der Waals surface area contributed by atoms with Crippen molar-refractivity contribution in [3.8, 4) is 12.3 Å². The third-order valence-corrected chi connectivity index (χ3v) is 3.64. The molecule has 2 aromatic carbocycles. The summed E-state index contributed by atoms with van der Waals surface area (Å²) in [5, 5.41) is 0.724. The van der Waals surface area contributed by atoms with Gasteiger partial charge in [0.2, 0.25) is 0 Å². The monoisotopic (exact) mass is 280 g/mol. The number of hydrogen-bond acceptors (Lipinski definition) is 0. The lowest BCUT2D eigenvalue weighted by Crippen LogP contribution is -1.97. The summed E-state index contributed by atoms with van der Waals surface area (Å²) in [6.07, 6.45) is 6.42. The smallest absolute Gasteiger partial charge is 0.0489 e. The molecule has 2 aromatic rings. The third-order valence-electron chi connectivity index (χ3n) is 3.38. The van der Waals surface area contributed by atoms with E-state index in [-0.39, 0.29) is 5.92 Å². The largest absolute Gasteiger partial charge is 0.119 e. The maximum Gasteiger partial charge on any atom is 0.0489 e. The molecule has 1 unspecified atom stereocenters. The van der Waals surface area contributed by atoms with E-state index >= 15 is 0 Å². The van der Waals surface area contributed by atoms with Gasteiger partial charge in [0, 0.05) is 10.9 Å². The number of benzene rings is 2. The van der Waals surface area contributed by atoms with Crippen LogP contribution in [0.2, 0.25) is 5.02 Å². The van der Waals surface area contributed by atoms with E-state index in [0.717, 1.165) is 28.1 Å². The number of halogens is 1. The van der Waals surface area contributed by atoms with Crippen LogP contribution in [0.1, 0.15) is 29.0 Å². The lowest BCUT2D eigenvalue weighted by Gasteiger charge is -2.14. The molecule has 0 aliphatic rings. The van der Waals surface area contributed by atoms with Crippen LogP contribution in [0.25, 0.3) is 5.57 Å². The number of allylic oxidation sites excluding steroid dienone is 1. The Kier molecular flexibility index (Phi) is 4.66. The normalized spacial score (nSPS) is 11.7. The molecular weight excluding hydrogens is 264 g/mol. The van der Waals surface area contributed by atoms with E-state index in [1.165, 1.54) is 5.56 Å². The minimum atomic E-state index is 0.0288. The minimum Gasteiger partial charge on any atom is -0.119 e. The van der Waals surface area contributed by atoms with Crippen molar-refractivity contribution < 1.29 is 0 Å². The van der Waals surface area contributed by atoms with Crippen molar-refractivity contribution in [2.24, 2.45) is 0 Å².